The molecule has 0 saturated heterocycles. The van der Waals surface area contributed by atoms with Crippen LogP contribution in [0.15, 0.2) is 24.3 Å². The van der Waals surface area contributed by atoms with Gasteiger partial charge in [0.25, 0.3) is 5.91 Å². The van der Waals surface area contributed by atoms with Crippen molar-refractivity contribution in [2.45, 2.75) is 0 Å². The molecule has 0 saturated carbocycles. The zero-order chi connectivity index (χ0) is 15.4. The molecule has 0 spiro atoms. The molecule has 0 atom stereocenters. The van der Waals surface area contributed by atoms with Crippen LogP contribution in [-0.2, 0) is 0 Å². The average Bonchev–Trinajstić information content (AvgIpc) is 2.46. The van der Waals surface area contributed by atoms with Crippen LogP contribution >= 0.6 is 11.6 Å². The first-order chi connectivity index (χ1) is 10.0. The second-order valence-corrected chi connectivity index (χ2v) is 4.35. The molecule has 2 rings (SSSR count). The van der Waals surface area contributed by atoms with Crippen LogP contribution in [0.1, 0.15) is 10.4 Å². The summed E-state index contributed by atoms with van der Waals surface area (Å²) in [7, 11) is 2.94. The Hall–Kier alpha value is -2.54. The number of halogens is 1. The molecule has 0 bridgehead atoms. The molecule has 2 aromatic rings. The number of methoxy groups -OCH3 is 2. The topological polar surface area (TPSA) is 99.4 Å². The standard InChI is InChI=1S/C13H13ClN4O3/c1-20-9-4-3-7(5-8(9)15)12(19)18-13-16-10(14)6-11(17-13)21-2/h3-6H,15H2,1-2H3,(H,16,17,18,19). The molecule has 0 aliphatic heterocycles. The summed E-state index contributed by atoms with van der Waals surface area (Å²) < 4.78 is 9.98. The molecule has 21 heavy (non-hydrogen) atoms. The largest absolute Gasteiger partial charge is 0.495 e. The molecule has 1 amide bonds. The maximum atomic E-state index is 12.1. The minimum Gasteiger partial charge on any atom is -0.495 e. The first-order valence-corrected chi connectivity index (χ1v) is 6.24. The second kappa shape index (κ2) is 6.27. The Morgan fingerprint density at radius 3 is 2.62 bits per heavy atom. The first-order valence-electron chi connectivity index (χ1n) is 5.87. The summed E-state index contributed by atoms with van der Waals surface area (Å²) in [6, 6.07) is 6.11. The Labute approximate surface area is 126 Å². The highest BCUT2D eigenvalue weighted by Crippen LogP contribution is 2.22. The molecule has 0 radical (unpaired) electrons. The van der Waals surface area contributed by atoms with E-state index in [0.717, 1.165) is 0 Å². The minimum absolute atomic E-state index is 0.0405. The summed E-state index contributed by atoms with van der Waals surface area (Å²) in [6.07, 6.45) is 0. The van der Waals surface area contributed by atoms with E-state index in [0.29, 0.717) is 17.0 Å². The maximum absolute atomic E-state index is 12.1. The molecule has 0 aliphatic rings. The number of hydrogen-bond donors (Lipinski definition) is 2. The van der Waals surface area contributed by atoms with Crippen LogP contribution in [0.25, 0.3) is 0 Å². The Balaban J connectivity index is 2.21. The van der Waals surface area contributed by atoms with Crippen LogP contribution in [0.2, 0.25) is 5.15 Å². The van der Waals surface area contributed by atoms with Crippen molar-refractivity contribution in [2.24, 2.45) is 0 Å². The fourth-order valence-corrected chi connectivity index (χ4v) is 1.78. The molecular formula is C13H13ClN4O3. The lowest BCUT2D eigenvalue weighted by Gasteiger charge is -2.08. The quantitative estimate of drug-likeness (QED) is 0.662. The average molecular weight is 309 g/mol. The van der Waals surface area contributed by atoms with Gasteiger partial charge in [-0.2, -0.15) is 4.98 Å². The zero-order valence-electron chi connectivity index (χ0n) is 11.4. The predicted molar refractivity (Wildman–Crippen MR) is 79.0 cm³/mol. The smallest absolute Gasteiger partial charge is 0.258 e. The lowest BCUT2D eigenvalue weighted by Crippen LogP contribution is -2.15. The van der Waals surface area contributed by atoms with Crippen molar-refractivity contribution < 1.29 is 14.3 Å². The van der Waals surface area contributed by atoms with E-state index in [-0.39, 0.29) is 17.0 Å². The fraction of sp³-hybridized carbons (Fsp3) is 0.154. The van der Waals surface area contributed by atoms with Crippen molar-refractivity contribution in [3.63, 3.8) is 0 Å². The number of carbonyl (C=O) groups excluding carboxylic acids is 1. The number of anilines is 2. The van der Waals surface area contributed by atoms with Crippen LogP contribution in [0.5, 0.6) is 11.6 Å². The lowest BCUT2D eigenvalue weighted by atomic mass is 10.2. The monoisotopic (exact) mass is 308 g/mol. The van der Waals surface area contributed by atoms with Crippen molar-refractivity contribution >= 4 is 29.1 Å². The minimum atomic E-state index is -0.423. The number of hydrogen-bond acceptors (Lipinski definition) is 6. The van der Waals surface area contributed by atoms with Crippen LogP contribution in [0, 0.1) is 0 Å². The number of amides is 1. The van der Waals surface area contributed by atoms with Gasteiger partial charge >= 0.3 is 0 Å². The number of benzene rings is 1. The Morgan fingerprint density at radius 1 is 1.24 bits per heavy atom. The predicted octanol–water partition coefficient (Wildman–Crippen LogP) is 1.98. The summed E-state index contributed by atoms with van der Waals surface area (Å²) in [4.78, 5) is 20.0. The number of rotatable bonds is 4. The van der Waals surface area contributed by atoms with Crippen molar-refractivity contribution in [3.8, 4) is 11.6 Å². The highest BCUT2D eigenvalue weighted by Gasteiger charge is 2.12. The van der Waals surface area contributed by atoms with E-state index in [2.05, 4.69) is 15.3 Å². The molecule has 1 aromatic heterocycles. The van der Waals surface area contributed by atoms with Crippen molar-refractivity contribution in [1.29, 1.82) is 0 Å². The van der Waals surface area contributed by atoms with Crippen LogP contribution in [0.3, 0.4) is 0 Å². The van der Waals surface area contributed by atoms with E-state index in [1.54, 1.807) is 12.1 Å². The molecule has 1 aromatic carbocycles. The number of aromatic nitrogens is 2. The third-order valence-electron chi connectivity index (χ3n) is 2.60. The van der Waals surface area contributed by atoms with Crippen LogP contribution in [-0.4, -0.2) is 30.1 Å². The third kappa shape index (κ3) is 3.51. The second-order valence-electron chi connectivity index (χ2n) is 3.97. The number of nitrogens with two attached hydrogens (primary N) is 1. The Bertz CT molecular complexity index is 678. The molecule has 0 fully saturated rings. The summed E-state index contributed by atoms with van der Waals surface area (Å²) in [5, 5.41) is 2.68. The summed E-state index contributed by atoms with van der Waals surface area (Å²) in [6.45, 7) is 0. The van der Waals surface area contributed by atoms with E-state index >= 15 is 0 Å². The lowest BCUT2D eigenvalue weighted by molar-refractivity contribution is 0.102. The number of nitrogens with zero attached hydrogens (tertiary/aromatic N) is 2. The van der Waals surface area contributed by atoms with E-state index in [1.165, 1.54) is 26.4 Å². The van der Waals surface area contributed by atoms with Crippen molar-refractivity contribution in [3.05, 3.63) is 35.0 Å². The van der Waals surface area contributed by atoms with Gasteiger partial charge in [-0.3, -0.25) is 10.1 Å². The molecule has 7 nitrogen and oxygen atoms in total. The molecule has 8 heteroatoms. The van der Waals surface area contributed by atoms with Gasteiger partial charge in [-0.05, 0) is 18.2 Å². The Kier molecular flexibility index (Phi) is 4.44. The van der Waals surface area contributed by atoms with Crippen LogP contribution < -0.4 is 20.5 Å². The van der Waals surface area contributed by atoms with E-state index in [9.17, 15) is 4.79 Å². The molecule has 1 heterocycles. The molecule has 0 unspecified atom stereocenters. The van der Waals surface area contributed by atoms with Gasteiger partial charge in [0, 0.05) is 11.6 Å². The molecule has 0 aliphatic carbocycles. The van der Waals surface area contributed by atoms with Crippen molar-refractivity contribution in [2.75, 3.05) is 25.3 Å². The number of nitrogen functional groups attached to an aromatic ring is 1. The van der Waals surface area contributed by atoms with Crippen molar-refractivity contribution in [1.82, 2.24) is 9.97 Å². The van der Waals surface area contributed by atoms with Gasteiger partial charge < -0.3 is 15.2 Å². The number of nitrogens with one attached hydrogen (secondary N) is 1. The van der Waals surface area contributed by atoms with Gasteiger partial charge in [0.05, 0.1) is 19.9 Å². The van der Waals surface area contributed by atoms with Crippen LogP contribution in [0.4, 0.5) is 11.6 Å². The molecule has 3 N–H and O–H groups in total. The van der Waals surface area contributed by atoms with E-state index in [1.807, 2.05) is 0 Å². The van der Waals surface area contributed by atoms with E-state index < -0.39 is 5.91 Å². The molecular weight excluding hydrogens is 296 g/mol. The summed E-state index contributed by atoms with van der Waals surface area (Å²) >= 11 is 5.80. The van der Waals surface area contributed by atoms with E-state index in [4.69, 9.17) is 26.8 Å². The first kappa shape index (κ1) is 14.9. The summed E-state index contributed by atoms with van der Waals surface area (Å²) in [5.41, 5.74) is 6.46. The highest BCUT2D eigenvalue weighted by molar-refractivity contribution is 6.29. The van der Waals surface area contributed by atoms with Gasteiger partial charge in [0.15, 0.2) is 0 Å². The van der Waals surface area contributed by atoms with Gasteiger partial charge in [-0.1, -0.05) is 11.6 Å². The third-order valence-corrected chi connectivity index (χ3v) is 2.79. The van der Waals surface area contributed by atoms with Gasteiger partial charge in [-0.15, -0.1) is 0 Å². The SMILES string of the molecule is COc1cc(Cl)nc(NC(=O)c2ccc(OC)c(N)c2)n1. The summed E-state index contributed by atoms with van der Waals surface area (Å²) in [5.74, 6) is 0.360. The highest BCUT2D eigenvalue weighted by atomic mass is 35.5. The fourth-order valence-electron chi connectivity index (χ4n) is 1.61. The number of ether oxygens (including phenoxy) is 2. The van der Waals surface area contributed by atoms with Gasteiger partial charge in [0.1, 0.15) is 10.9 Å². The van der Waals surface area contributed by atoms with Gasteiger partial charge in [0.2, 0.25) is 11.8 Å². The van der Waals surface area contributed by atoms with Gasteiger partial charge in [-0.25, -0.2) is 4.98 Å². The molecule has 110 valence electrons. The Morgan fingerprint density at radius 2 is 2.00 bits per heavy atom. The number of carbonyl (C=O) groups is 1. The maximum Gasteiger partial charge on any atom is 0.258 e. The zero-order valence-corrected chi connectivity index (χ0v) is 12.1. The normalized spacial score (nSPS) is 10.0.